The lowest BCUT2D eigenvalue weighted by atomic mass is 9.99. The molecule has 0 saturated carbocycles. The maximum absolute atomic E-state index is 13.0. The van der Waals surface area contributed by atoms with Gasteiger partial charge < -0.3 is 14.3 Å². The van der Waals surface area contributed by atoms with Gasteiger partial charge in [0.05, 0.1) is 5.69 Å². The molecule has 1 saturated heterocycles. The number of carbonyl (C=O) groups excluding carboxylic acids is 1. The van der Waals surface area contributed by atoms with Crippen LogP contribution in [0.15, 0.2) is 48.7 Å². The second-order valence-electron chi connectivity index (χ2n) is 7.96. The van der Waals surface area contributed by atoms with E-state index in [9.17, 15) is 4.79 Å². The number of H-pyrrole nitrogens is 1. The fourth-order valence-corrected chi connectivity index (χ4v) is 4.31. The van der Waals surface area contributed by atoms with Crippen molar-refractivity contribution in [2.45, 2.75) is 26.7 Å². The molecule has 1 N–H and O–H groups in total. The Kier molecular flexibility index (Phi) is 3.97. The number of benzene rings is 1. The zero-order valence-corrected chi connectivity index (χ0v) is 16.3. The maximum atomic E-state index is 13.0. The number of nitrogens with zero attached hydrogens (tertiary/aromatic N) is 3. The number of hydrogen-bond donors (Lipinski definition) is 1. The van der Waals surface area contributed by atoms with E-state index >= 15 is 0 Å². The van der Waals surface area contributed by atoms with Crippen LogP contribution in [0.4, 0.5) is 0 Å². The summed E-state index contributed by atoms with van der Waals surface area (Å²) in [4.78, 5) is 23.2. The van der Waals surface area contributed by atoms with Crippen molar-refractivity contribution >= 4 is 22.5 Å². The molecular weight excluding hydrogens is 348 g/mol. The second kappa shape index (κ2) is 6.51. The van der Waals surface area contributed by atoms with E-state index in [0.29, 0.717) is 5.92 Å². The van der Waals surface area contributed by atoms with Gasteiger partial charge in [0.15, 0.2) is 0 Å². The van der Waals surface area contributed by atoms with Crippen molar-refractivity contribution in [2.24, 2.45) is 5.92 Å². The number of aryl methyl sites for hydroxylation is 1. The van der Waals surface area contributed by atoms with Gasteiger partial charge in [-0.3, -0.25) is 4.79 Å². The minimum Gasteiger partial charge on any atom is -0.353 e. The summed E-state index contributed by atoms with van der Waals surface area (Å²) in [5.74, 6) is 0.686. The molecule has 5 nitrogen and oxygen atoms in total. The number of nitrogens with one attached hydrogen (secondary N) is 1. The average molecular weight is 372 g/mol. The fraction of sp³-hybridized carbons (Fsp3) is 0.304. The highest BCUT2D eigenvalue weighted by Crippen LogP contribution is 2.27. The van der Waals surface area contributed by atoms with Gasteiger partial charge in [-0.05, 0) is 49.9 Å². The average Bonchev–Trinajstić information content (AvgIpc) is 3.28. The van der Waals surface area contributed by atoms with Crippen LogP contribution < -0.4 is 0 Å². The number of fused-ring (bicyclic) bond motifs is 2. The Morgan fingerprint density at radius 1 is 1.21 bits per heavy atom. The highest BCUT2D eigenvalue weighted by atomic mass is 16.2. The highest BCUT2D eigenvalue weighted by molar-refractivity contribution is 5.95. The van der Waals surface area contributed by atoms with Crippen LogP contribution in [0.25, 0.3) is 27.9 Å². The summed E-state index contributed by atoms with van der Waals surface area (Å²) in [5, 5.41) is 1.17. The molecule has 4 heterocycles. The van der Waals surface area contributed by atoms with Crippen molar-refractivity contribution in [1.82, 2.24) is 19.3 Å². The summed E-state index contributed by atoms with van der Waals surface area (Å²) < 4.78 is 2.05. The number of likely N-dealkylation sites (tertiary alicyclic amines) is 1. The molecule has 5 rings (SSSR count). The Hall–Kier alpha value is -3.08. The van der Waals surface area contributed by atoms with Crippen LogP contribution in [0.1, 0.15) is 35.8 Å². The van der Waals surface area contributed by atoms with Gasteiger partial charge in [-0.15, -0.1) is 0 Å². The van der Waals surface area contributed by atoms with E-state index < -0.39 is 0 Å². The molecule has 0 spiro atoms. The maximum Gasteiger partial charge on any atom is 0.254 e. The first-order chi connectivity index (χ1) is 13.6. The third kappa shape index (κ3) is 2.78. The van der Waals surface area contributed by atoms with Gasteiger partial charge in [-0.1, -0.05) is 25.1 Å². The molecule has 3 aromatic heterocycles. The molecule has 1 atom stereocenters. The van der Waals surface area contributed by atoms with Gasteiger partial charge in [-0.25, -0.2) is 4.98 Å². The van der Waals surface area contributed by atoms with Gasteiger partial charge in [0, 0.05) is 41.4 Å². The molecule has 28 heavy (non-hydrogen) atoms. The first kappa shape index (κ1) is 17.0. The minimum atomic E-state index is 0.113. The topological polar surface area (TPSA) is 53.4 Å². The highest BCUT2D eigenvalue weighted by Gasteiger charge is 2.23. The Morgan fingerprint density at radius 2 is 2.07 bits per heavy atom. The van der Waals surface area contributed by atoms with Crippen LogP contribution in [0.2, 0.25) is 0 Å². The normalized spacial score (nSPS) is 17.5. The Balaban J connectivity index is 1.53. The summed E-state index contributed by atoms with van der Waals surface area (Å²) in [6, 6.07) is 14.2. The molecule has 1 amide bonds. The lowest BCUT2D eigenvalue weighted by Crippen LogP contribution is -2.39. The Labute approximate surface area is 164 Å². The van der Waals surface area contributed by atoms with Crippen molar-refractivity contribution in [2.75, 3.05) is 13.1 Å². The van der Waals surface area contributed by atoms with Crippen LogP contribution in [-0.2, 0) is 0 Å². The van der Waals surface area contributed by atoms with Crippen molar-refractivity contribution < 1.29 is 4.79 Å². The van der Waals surface area contributed by atoms with E-state index in [-0.39, 0.29) is 5.91 Å². The van der Waals surface area contributed by atoms with Crippen molar-refractivity contribution in [3.63, 3.8) is 0 Å². The predicted molar refractivity (Wildman–Crippen MR) is 112 cm³/mol. The summed E-state index contributed by atoms with van der Waals surface area (Å²) in [5.41, 5.74) is 5.61. The molecule has 1 aliphatic rings. The first-order valence-corrected chi connectivity index (χ1v) is 9.96. The van der Waals surface area contributed by atoms with Crippen LogP contribution in [-0.4, -0.2) is 38.3 Å². The van der Waals surface area contributed by atoms with Crippen molar-refractivity contribution in [3.05, 3.63) is 59.9 Å². The molecule has 142 valence electrons. The van der Waals surface area contributed by atoms with Gasteiger partial charge in [0.1, 0.15) is 11.3 Å². The van der Waals surface area contributed by atoms with Crippen LogP contribution >= 0.6 is 0 Å². The van der Waals surface area contributed by atoms with E-state index in [1.807, 2.05) is 35.4 Å². The van der Waals surface area contributed by atoms with E-state index in [1.54, 1.807) is 0 Å². The summed E-state index contributed by atoms with van der Waals surface area (Å²) in [7, 11) is 0. The lowest BCUT2D eigenvalue weighted by molar-refractivity contribution is 0.0683. The predicted octanol–water partition coefficient (Wildman–Crippen LogP) is 4.66. The number of aromatic amines is 1. The van der Waals surface area contributed by atoms with Gasteiger partial charge in [-0.2, -0.15) is 0 Å². The lowest BCUT2D eigenvalue weighted by Gasteiger charge is -2.31. The van der Waals surface area contributed by atoms with E-state index in [2.05, 4.69) is 41.4 Å². The molecule has 1 fully saturated rings. The molecule has 1 aliphatic heterocycles. The molecule has 0 radical (unpaired) electrons. The van der Waals surface area contributed by atoms with E-state index in [4.69, 9.17) is 4.98 Å². The molecule has 5 heteroatoms. The number of rotatable bonds is 2. The zero-order valence-electron chi connectivity index (χ0n) is 16.3. The Morgan fingerprint density at radius 3 is 2.89 bits per heavy atom. The standard InChI is InChI=1S/C23H24N4O/c1-15-6-5-10-26(14-15)23(28)18-9-11-27-16(2)22(25-21(27)13-18)20-12-17-7-3-4-8-19(17)24-20/h3-4,7-9,11-13,15,24H,5-6,10,14H2,1-2H3/t15-/m1/s1. The molecule has 0 unspecified atom stereocenters. The minimum absolute atomic E-state index is 0.113. The number of para-hydroxylation sites is 1. The quantitative estimate of drug-likeness (QED) is 0.556. The third-order valence-corrected chi connectivity index (χ3v) is 5.84. The number of pyridine rings is 1. The molecule has 4 aromatic rings. The third-order valence-electron chi connectivity index (χ3n) is 5.84. The largest absolute Gasteiger partial charge is 0.353 e. The Bertz CT molecular complexity index is 1150. The number of amides is 1. The SMILES string of the molecule is Cc1c(-c2cc3ccccc3[nH]2)nc2cc(C(=O)N3CCC[C@@H](C)C3)ccn12. The smallest absolute Gasteiger partial charge is 0.254 e. The summed E-state index contributed by atoms with van der Waals surface area (Å²) in [6.45, 7) is 5.97. The summed E-state index contributed by atoms with van der Waals surface area (Å²) in [6.07, 6.45) is 4.25. The molecule has 1 aromatic carbocycles. The van der Waals surface area contributed by atoms with E-state index in [0.717, 1.165) is 53.3 Å². The van der Waals surface area contributed by atoms with E-state index in [1.165, 1.54) is 11.8 Å². The van der Waals surface area contributed by atoms with Crippen molar-refractivity contribution in [3.8, 4) is 11.4 Å². The zero-order chi connectivity index (χ0) is 19.3. The van der Waals surface area contributed by atoms with Crippen molar-refractivity contribution in [1.29, 1.82) is 0 Å². The molecule has 0 bridgehead atoms. The molecule has 0 aliphatic carbocycles. The van der Waals surface area contributed by atoms with Crippen LogP contribution in [0.3, 0.4) is 0 Å². The molecular formula is C23H24N4O. The number of imidazole rings is 1. The second-order valence-corrected chi connectivity index (χ2v) is 7.96. The van der Waals surface area contributed by atoms with Gasteiger partial charge >= 0.3 is 0 Å². The van der Waals surface area contributed by atoms with Gasteiger partial charge in [0.2, 0.25) is 0 Å². The monoisotopic (exact) mass is 372 g/mol. The summed E-state index contributed by atoms with van der Waals surface area (Å²) >= 11 is 0. The number of carbonyl (C=O) groups is 1. The van der Waals surface area contributed by atoms with Crippen LogP contribution in [0, 0.1) is 12.8 Å². The number of piperidine rings is 1. The fourth-order valence-electron chi connectivity index (χ4n) is 4.31. The number of aromatic nitrogens is 3. The number of hydrogen-bond acceptors (Lipinski definition) is 2. The van der Waals surface area contributed by atoms with Crippen LogP contribution in [0.5, 0.6) is 0 Å². The van der Waals surface area contributed by atoms with Gasteiger partial charge in [0.25, 0.3) is 5.91 Å². The first-order valence-electron chi connectivity index (χ1n) is 9.96.